The summed E-state index contributed by atoms with van der Waals surface area (Å²) >= 11 is 0. The van der Waals surface area contributed by atoms with Crippen LogP contribution in [-0.2, 0) is 16.4 Å². The Kier molecular flexibility index (Phi) is 7.35. The summed E-state index contributed by atoms with van der Waals surface area (Å²) in [7, 11) is -3.51. The molecule has 1 N–H and O–H groups in total. The van der Waals surface area contributed by atoms with Gasteiger partial charge in [-0.1, -0.05) is 39.3 Å². The number of aliphatic hydroxyl groups is 1. The number of benzene rings is 1. The summed E-state index contributed by atoms with van der Waals surface area (Å²) in [6, 6.07) is 7.10. The maximum Gasteiger partial charge on any atom is 0.243 e. The van der Waals surface area contributed by atoms with Crippen LogP contribution in [0.1, 0.15) is 39.2 Å². The quantitative estimate of drug-likeness (QED) is 0.762. The van der Waals surface area contributed by atoms with Gasteiger partial charge in [0.05, 0.1) is 11.5 Å². The molecule has 0 atom stereocenters. The lowest BCUT2D eigenvalue weighted by Gasteiger charge is -2.21. The van der Waals surface area contributed by atoms with Crippen LogP contribution in [0, 0.1) is 5.92 Å². The number of aliphatic hydroxyl groups excluding tert-OH is 1. The predicted octanol–water partition coefficient (Wildman–Crippen LogP) is 2.67. The molecular weight excluding hydrogens is 286 g/mol. The summed E-state index contributed by atoms with van der Waals surface area (Å²) < 4.78 is 26.5. The van der Waals surface area contributed by atoms with Crippen molar-refractivity contribution in [1.82, 2.24) is 4.31 Å². The molecule has 1 aromatic rings. The molecular formula is C16H27NO3S. The second-order valence-electron chi connectivity index (χ2n) is 5.72. The fourth-order valence-corrected chi connectivity index (χ4v) is 3.69. The van der Waals surface area contributed by atoms with E-state index in [-0.39, 0.29) is 13.2 Å². The Morgan fingerprint density at radius 3 is 2.24 bits per heavy atom. The second-order valence-corrected chi connectivity index (χ2v) is 7.66. The number of sulfonamides is 1. The first-order valence-corrected chi connectivity index (χ1v) is 9.05. The van der Waals surface area contributed by atoms with Gasteiger partial charge in [0.2, 0.25) is 10.0 Å². The van der Waals surface area contributed by atoms with Crippen molar-refractivity contribution in [2.45, 2.75) is 44.9 Å². The number of rotatable bonds is 9. The van der Waals surface area contributed by atoms with Crippen molar-refractivity contribution in [3.8, 4) is 0 Å². The minimum atomic E-state index is -3.51. The molecule has 0 bridgehead atoms. The van der Waals surface area contributed by atoms with Gasteiger partial charge in [-0.25, -0.2) is 8.42 Å². The molecule has 0 radical (unpaired) electrons. The van der Waals surface area contributed by atoms with Gasteiger partial charge in [-0.15, -0.1) is 0 Å². The molecule has 1 rings (SSSR count). The lowest BCUT2D eigenvalue weighted by molar-refractivity contribution is 0.252. The zero-order chi connectivity index (χ0) is 15.9. The van der Waals surface area contributed by atoms with E-state index < -0.39 is 10.0 Å². The minimum absolute atomic E-state index is 0.149. The molecule has 0 aliphatic carbocycles. The molecule has 0 fully saturated rings. The molecule has 0 saturated heterocycles. The van der Waals surface area contributed by atoms with Crippen molar-refractivity contribution in [2.75, 3.05) is 19.7 Å². The third-order valence-electron chi connectivity index (χ3n) is 3.32. The van der Waals surface area contributed by atoms with E-state index in [1.807, 2.05) is 19.1 Å². The monoisotopic (exact) mass is 313 g/mol. The smallest absolute Gasteiger partial charge is 0.243 e. The third kappa shape index (κ3) is 5.41. The number of unbranched alkanes of at least 4 members (excludes halogenated alkanes) is 1. The molecule has 5 heteroatoms. The van der Waals surface area contributed by atoms with E-state index >= 15 is 0 Å². The van der Waals surface area contributed by atoms with Crippen molar-refractivity contribution in [2.24, 2.45) is 5.92 Å². The van der Waals surface area contributed by atoms with Gasteiger partial charge >= 0.3 is 0 Å². The highest BCUT2D eigenvalue weighted by molar-refractivity contribution is 7.89. The van der Waals surface area contributed by atoms with Gasteiger partial charge in [0.25, 0.3) is 0 Å². The van der Waals surface area contributed by atoms with Gasteiger partial charge in [0, 0.05) is 13.1 Å². The summed E-state index contributed by atoms with van der Waals surface area (Å²) in [5.74, 6) is 0.544. The van der Waals surface area contributed by atoms with Crippen LogP contribution in [0.15, 0.2) is 29.2 Å². The van der Waals surface area contributed by atoms with Gasteiger partial charge in [-0.05, 0) is 36.5 Å². The zero-order valence-corrected chi connectivity index (χ0v) is 14.1. The van der Waals surface area contributed by atoms with E-state index in [2.05, 4.69) is 13.8 Å². The first kappa shape index (κ1) is 18.1. The summed E-state index contributed by atoms with van der Waals surface area (Å²) in [5, 5.41) is 9.08. The number of nitrogens with zero attached hydrogens (tertiary/aromatic N) is 1. The topological polar surface area (TPSA) is 57.6 Å². The van der Waals surface area contributed by atoms with Gasteiger partial charge in [0.1, 0.15) is 0 Å². The standard InChI is InChI=1S/C16H27NO3S/c1-4-5-10-17(11-12-18)21(19,20)16-8-6-15(7-9-16)13-14(2)3/h6-9,14,18H,4-5,10-13H2,1-3H3. The molecule has 0 aromatic heterocycles. The van der Waals surface area contributed by atoms with Gasteiger partial charge in [-0.2, -0.15) is 4.31 Å². The molecule has 1 aromatic carbocycles. The van der Waals surface area contributed by atoms with E-state index in [4.69, 9.17) is 5.11 Å². The number of hydrogen-bond donors (Lipinski definition) is 1. The first-order chi connectivity index (χ1) is 9.91. The largest absolute Gasteiger partial charge is 0.395 e. The maximum atomic E-state index is 12.6. The molecule has 0 aliphatic rings. The van der Waals surface area contributed by atoms with Crippen LogP contribution in [0.4, 0.5) is 0 Å². The van der Waals surface area contributed by atoms with Crippen LogP contribution in [0.25, 0.3) is 0 Å². The lowest BCUT2D eigenvalue weighted by atomic mass is 10.0. The highest BCUT2D eigenvalue weighted by atomic mass is 32.2. The summed E-state index contributed by atoms with van der Waals surface area (Å²) in [4.78, 5) is 0.305. The van der Waals surface area contributed by atoms with Gasteiger partial charge in [-0.3, -0.25) is 0 Å². The molecule has 0 aliphatic heterocycles. The van der Waals surface area contributed by atoms with Crippen LogP contribution >= 0.6 is 0 Å². The van der Waals surface area contributed by atoms with Crippen LogP contribution in [-0.4, -0.2) is 37.5 Å². The SMILES string of the molecule is CCCCN(CCO)S(=O)(=O)c1ccc(CC(C)C)cc1. The van der Waals surface area contributed by atoms with E-state index in [0.29, 0.717) is 17.4 Å². The highest BCUT2D eigenvalue weighted by Crippen LogP contribution is 2.18. The minimum Gasteiger partial charge on any atom is -0.395 e. The molecule has 0 heterocycles. The molecule has 0 amide bonds. The van der Waals surface area contributed by atoms with E-state index in [1.165, 1.54) is 4.31 Å². The van der Waals surface area contributed by atoms with Gasteiger partial charge in [0.15, 0.2) is 0 Å². The molecule has 0 saturated carbocycles. The Bertz CT molecular complexity index is 509. The fraction of sp³-hybridized carbons (Fsp3) is 0.625. The van der Waals surface area contributed by atoms with Crippen LogP contribution in [0.3, 0.4) is 0 Å². The summed E-state index contributed by atoms with van der Waals surface area (Å²) in [6.45, 7) is 6.73. The Morgan fingerprint density at radius 1 is 1.14 bits per heavy atom. The molecule has 0 spiro atoms. The first-order valence-electron chi connectivity index (χ1n) is 7.61. The predicted molar refractivity (Wildman–Crippen MR) is 85.7 cm³/mol. The van der Waals surface area contributed by atoms with E-state index in [0.717, 1.165) is 24.8 Å². The molecule has 21 heavy (non-hydrogen) atoms. The highest BCUT2D eigenvalue weighted by Gasteiger charge is 2.23. The summed E-state index contributed by atoms with van der Waals surface area (Å²) in [6.07, 6.45) is 2.66. The molecule has 0 unspecified atom stereocenters. The average molecular weight is 313 g/mol. The van der Waals surface area contributed by atoms with Crippen molar-refractivity contribution in [1.29, 1.82) is 0 Å². The van der Waals surface area contributed by atoms with E-state index in [1.54, 1.807) is 12.1 Å². The normalized spacial score (nSPS) is 12.3. The maximum absolute atomic E-state index is 12.6. The van der Waals surface area contributed by atoms with Gasteiger partial charge < -0.3 is 5.11 Å². The van der Waals surface area contributed by atoms with Crippen molar-refractivity contribution >= 4 is 10.0 Å². The van der Waals surface area contributed by atoms with Crippen molar-refractivity contribution in [3.05, 3.63) is 29.8 Å². The molecule has 4 nitrogen and oxygen atoms in total. The summed E-state index contributed by atoms with van der Waals surface area (Å²) in [5.41, 5.74) is 1.14. The van der Waals surface area contributed by atoms with Crippen LogP contribution in [0.5, 0.6) is 0 Å². The second kappa shape index (κ2) is 8.51. The van der Waals surface area contributed by atoms with Crippen molar-refractivity contribution < 1.29 is 13.5 Å². The Balaban J connectivity index is 2.93. The number of hydrogen-bond acceptors (Lipinski definition) is 3. The van der Waals surface area contributed by atoms with E-state index in [9.17, 15) is 8.42 Å². The zero-order valence-electron chi connectivity index (χ0n) is 13.2. The Morgan fingerprint density at radius 2 is 1.76 bits per heavy atom. The Hall–Kier alpha value is -0.910. The average Bonchev–Trinajstić information content (AvgIpc) is 2.43. The van der Waals surface area contributed by atoms with Crippen LogP contribution < -0.4 is 0 Å². The third-order valence-corrected chi connectivity index (χ3v) is 5.23. The molecule has 120 valence electrons. The van der Waals surface area contributed by atoms with Crippen LogP contribution in [0.2, 0.25) is 0 Å². The van der Waals surface area contributed by atoms with Crippen molar-refractivity contribution in [3.63, 3.8) is 0 Å². The Labute approximate surface area is 128 Å². The fourth-order valence-electron chi connectivity index (χ4n) is 2.22. The lowest BCUT2D eigenvalue weighted by Crippen LogP contribution is -2.34.